The standard InChI is InChI=1S/C23H31N3O2/c1-18-14-19(2)16-21(15-18)28-13-8-23(27)24-17-20-6-4-5-7-22(20)26-11-9-25(3)10-12-26/h4-7,14-16H,8-13,17H2,1-3H3,(H,24,27). The summed E-state index contributed by atoms with van der Waals surface area (Å²) in [5.74, 6) is 0.836. The molecule has 0 saturated carbocycles. The fourth-order valence-corrected chi connectivity index (χ4v) is 3.58. The highest BCUT2D eigenvalue weighted by Gasteiger charge is 2.16. The molecule has 0 radical (unpaired) electrons. The summed E-state index contributed by atoms with van der Waals surface area (Å²) < 4.78 is 5.75. The number of aryl methyl sites for hydroxylation is 2. The first-order valence-corrected chi connectivity index (χ1v) is 10.0. The van der Waals surface area contributed by atoms with E-state index < -0.39 is 0 Å². The lowest BCUT2D eigenvalue weighted by atomic mass is 10.1. The number of likely N-dealkylation sites (N-methyl/N-ethyl adjacent to an activating group) is 1. The van der Waals surface area contributed by atoms with Gasteiger partial charge in [-0.1, -0.05) is 24.3 Å². The van der Waals surface area contributed by atoms with Crippen LogP contribution in [0.3, 0.4) is 0 Å². The smallest absolute Gasteiger partial charge is 0.223 e. The summed E-state index contributed by atoms with van der Waals surface area (Å²) in [6.07, 6.45) is 0.351. The summed E-state index contributed by atoms with van der Waals surface area (Å²) in [7, 11) is 2.16. The van der Waals surface area contributed by atoms with Gasteiger partial charge in [0.15, 0.2) is 0 Å². The Labute approximate surface area is 168 Å². The molecule has 0 unspecified atom stereocenters. The highest BCUT2D eigenvalue weighted by molar-refractivity contribution is 5.76. The summed E-state index contributed by atoms with van der Waals surface area (Å²) >= 11 is 0. The van der Waals surface area contributed by atoms with E-state index in [0.717, 1.165) is 37.5 Å². The molecular weight excluding hydrogens is 350 g/mol. The van der Waals surface area contributed by atoms with Gasteiger partial charge in [-0.2, -0.15) is 0 Å². The van der Waals surface area contributed by atoms with Gasteiger partial charge in [-0.3, -0.25) is 4.79 Å². The predicted octanol–water partition coefficient (Wildman–Crippen LogP) is 3.14. The first kappa shape index (κ1) is 20.2. The molecule has 1 fully saturated rings. The number of nitrogens with zero attached hydrogens (tertiary/aromatic N) is 2. The Morgan fingerprint density at radius 2 is 1.71 bits per heavy atom. The lowest BCUT2D eigenvalue weighted by molar-refractivity contribution is -0.121. The number of ether oxygens (including phenoxy) is 1. The van der Waals surface area contributed by atoms with Crippen molar-refractivity contribution in [1.82, 2.24) is 10.2 Å². The van der Waals surface area contributed by atoms with E-state index in [4.69, 9.17) is 4.74 Å². The van der Waals surface area contributed by atoms with Gasteiger partial charge >= 0.3 is 0 Å². The highest BCUT2D eigenvalue weighted by Crippen LogP contribution is 2.21. The van der Waals surface area contributed by atoms with Crippen molar-refractivity contribution in [3.05, 3.63) is 59.2 Å². The molecule has 2 aromatic rings. The van der Waals surface area contributed by atoms with Crippen molar-refractivity contribution in [2.75, 3.05) is 44.7 Å². The molecule has 1 amide bonds. The minimum atomic E-state index is 0.0116. The van der Waals surface area contributed by atoms with Crippen LogP contribution in [0.25, 0.3) is 0 Å². The summed E-state index contributed by atoms with van der Waals surface area (Å²) in [5, 5.41) is 3.04. The summed E-state index contributed by atoms with van der Waals surface area (Å²) in [6.45, 7) is 9.19. The average Bonchev–Trinajstić information content (AvgIpc) is 2.66. The molecule has 28 heavy (non-hydrogen) atoms. The zero-order valence-electron chi connectivity index (χ0n) is 17.2. The van der Waals surface area contributed by atoms with Gasteiger partial charge in [0.2, 0.25) is 5.91 Å². The number of hydrogen-bond acceptors (Lipinski definition) is 4. The van der Waals surface area contributed by atoms with E-state index in [2.05, 4.69) is 46.4 Å². The van der Waals surface area contributed by atoms with Crippen LogP contribution in [0, 0.1) is 13.8 Å². The normalized spacial score (nSPS) is 14.8. The molecule has 150 valence electrons. The number of piperazine rings is 1. The van der Waals surface area contributed by atoms with Crippen LogP contribution in [0.2, 0.25) is 0 Å². The van der Waals surface area contributed by atoms with Crippen molar-refractivity contribution < 1.29 is 9.53 Å². The molecule has 0 spiro atoms. The number of carbonyl (C=O) groups is 1. The molecule has 0 bridgehead atoms. The maximum atomic E-state index is 12.3. The quantitative estimate of drug-likeness (QED) is 0.800. The number of amides is 1. The molecule has 0 aromatic heterocycles. The Kier molecular flexibility index (Phi) is 6.93. The van der Waals surface area contributed by atoms with E-state index in [0.29, 0.717) is 19.6 Å². The Morgan fingerprint density at radius 3 is 2.43 bits per heavy atom. The number of anilines is 1. The first-order valence-electron chi connectivity index (χ1n) is 10.0. The monoisotopic (exact) mass is 381 g/mol. The van der Waals surface area contributed by atoms with Gasteiger partial charge in [0, 0.05) is 38.4 Å². The Balaban J connectivity index is 1.48. The molecule has 0 atom stereocenters. The number of hydrogen-bond donors (Lipinski definition) is 1. The largest absolute Gasteiger partial charge is 0.493 e. The Hall–Kier alpha value is -2.53. The molecule has 0 aliphatic carbocycles. The molecular formula is C23H31N3O2. The van der Waals surface area contributed by atoms with Gasteiger partial charge in [0.25, 0.3) is 0 Å². The lowest BCUT2D eigenvalue weighted by Crippen LogP contribution is -2.45. The number of carbonyl (C=O) groups excluding carboxylic acids is 1. The Morgan fingerprint density at radius 1 is 1.04 bits per heavy atom. The van der Waals surface area contributed by atoms with Gasteiger partial charge < -0.3 is 19.9 Å². The van der Waals surface area contributed by atoms with E-state index in [9.17, 15) is 4.79 Å². The second kappa shape index (κ2) is 9.60. The third-order valence-corrected chi connectivity index (χ3v) is 5.10. The van der Waals surface area contributed by atoms with E-state index in [1.54, 1.807) is 0 Å². The Bertz CT molecular complexity index is 778. The molecule has 1 aliphatic rings. The number of nitrogens with one attached hydrogen (secondary N) is 1. The maximum absolute atomic E-state index is 12.3. The molecule has 1 saturated heterocycles. The molecule has 1 aliphatic heterocycles. The predicted molar refractivity (Wildman–Crippen MR) is 114 cm³/mol. The number of rotatable bonds is 7. The maximum Gasteiger partial charge on any atom is 0.223 e. The van der Waals surface area contributed by atoms with E-state index in [1.165, 1.54) is 16.8 Å². The van der Waals surface area contributed by atoms with E-state index in [1.807, 2.05) is 32.0 Å². The second-order valence-corrected chi connectivity index (χ2v) is 7.62. The van der Waals surface area contributed by atoms with Crippen molar-refractivity contribution >= 4 is 11.6 Å². The topological polar surface area (TPSA) is 44.8 Å². The molecule has 2 aromatic carbocycles. The summed E-state index contributed by atoms with van der Waals surface area (Å²) in [5.41, 5.74) is 4.72. The van der Waals surface area contributed by atoms with E-state index >= 15 is 0 Å². The SMILES string of the molecule is Cc1cc(C)cc(OCCC(=O)NCc2ccccc2N2CCN(C)CC2)c1. The van der Waals surface area contributed by atoms with Crippen molar-refractivity contribution in [3.63, 3.8) is 0 Å². The van der Waals surface area contributed by atoms with E-state index in [-0.39, 0.29) is 5.91 Å². The van der Waals surface area contributed by atoms with Crippen LogP contribution in [0.15, 0.2) is 42.5 Å². The number of benzene rings is 2. The van der Waals surface area contributed by atoms with Crippen LogP contribution >= 0.6 is 0 Å². The van der Waals surface area contributed by atoms with Crippen LogP contribution in [0.4, 0.5) is 5.69 Å². The van der Waals surface area contributed by atoms with Gasteiger partial charge in [0.05, 0.1) is 13.0 Å². The molecule has 5 heteroatoms. The summed E-state index contributed by atoms with van der Waals surface area (Å²) in [6, 6.07) is 14.4. The molecule has 5 nitrogen and oxygen atoms in total. The third kappa shape index (κ3) is 5.73. The average molecular weight is 382 g/mol. The van der Waals surface area contributed by atoms with Gasteiger partial charge in [-0.05, 0) is 55.8 Å². The first-order chi connectivity index (χ1) is 13.5. The highest BCUT2D eigenvalue weighted by atomic mass is 16.5. The van der Waals surface area contributed by atoms with Crippen LogP contribution in [-0.4, -0.2) is 50.6 Å². The molecule has 3 rings (SSSR count). The van der Waals surface area contributed by atoms with Crippen molar-refractivity contribution in [1.29, 1.82) is 0 Å². The fraction of sp³-hybridized carbons (Fsp3) is 0.435. The second-order valence-electron chi connectivity index (χ2n) is 7.62. The third-order valence-electron chi connectivity index (χ3n) is 5.10. The van der Waals surface area contributed by atoms with Gasteiger partial charge in [-0.25, -0.2) is 0 Å². The lowest BCUT2D eigenvalue weighted by Gasteiger charge is -2.35. The minimum absolute atomic E-state index is 0.0116. The van der Waals surface area contributed by atoms with Crippen molar-refractivity contribution in [2.24, 2.45) is 0 Å². The van der Waals surface area contributed by atoms with Gasteiger partial charge in [0.1, 0.15) is 5.75 Å². The van der Waals surface area contributed by atoms with Crippen LogP contribution in [0.1, 0.15) is 23.1 Å². The van der Waals surface area contributed by atoms with Crippen molar-refractivity contribution in [2.45, 2.75) is 26.8 Å². The minimum Gasteiger partial charge on any atom is -0.493 e. The zero-order chi connectivity index (χ0) is 19.9. The van der Waals surface area contributed by atoms with Crippen LogP contribution in [0.5, 0.6) is 5.75 Å². The zero-order valence-corrected chi connectivity index (χ0v) is 17.2. The van der Waals surface area contributed by atoms with Crippen LogP contribution in [-0.2, 0) is 11.3 Å². The number of para-hydroxylation sites is 1. The summed E-state index contributed by atoms with van der Waals surface area (Å²) in [4.78, 5) is 17.0. The van der Waals surface area contributed by atoms with Crippen LogP contribution < -0.4 is 15.0 Å². The molecule has 1 heterocycles. The van der Waals surface area contributed by atoms with Gasteiger partial charge in [-0.15, -0.1) is 0 Å². The van der Waals surface area contributed by atoms with Crippen molar-refractivity contribution in [3.8, 4) is 5.75 Å². The fourth-order valence-electron chi connectivity index (χ4n) is 3.58. The molecule has 1 N–H and O–H groups in total.